The number of nitrogens with zero attached hydrogens (tertiary/aromatic N) is 2. The third-order valence-corrected chi connectivity index (χ3v) is 3.80. The molecule has 0 heterocycles. The number of anilines is 1. The number of rotatable bonds is 5. The van der Waals surface area contributed by atoms with Crippen LogP contribution in [-0.4, -0.2) is 16.6 Å². The van der Waals surface area contributed by atoms with Crippen LogP contribution in [0.3, 0.4) is 0 Å². The molecule has 11 heteroatoms. The number of amides is 1. The van der Waals surface area contributed by atoms with E-state index in [1.54, 1.807) is 0 Å². The molecule has 1 amide bonds. The van der Waals surface area contributed by atoms with E-state index in [0.29, 0.717) is 17.2 Å². The highest BCUT2D eigenvalue weighted by molar-refractivity contribution is 6.30. The van der Waals surface area contributed by atoms with Crippen LogP contribution in [-0.2, 0) is 11.0 Å². The predicted molar refractivity (Wildman–Crippen MR) is 91.6 cm³/mol. The molecule has 0 saturated carbocycles. The van der Waals surface area contributed by atoms with Crippen molar-refractivity contribution in [3.05, 3.63) is 68.7 Å². The first-order valence-electron chi connectivity index (χ1n) is 7.40. The number of hydrogen-bond acceptors (Lipinski definition) is 5. The summed E-state index contributed by atoms with van der Waals surface area (Å²) in [4.78, 5) is 34.0. The molecule has 0 aliphatic carbocycles. The van der Waals surface area contributed by atoms with Gasteiger partial charge in [-0.15, -0.1) is 0 Å². The van der Waals surface area contributed by atoms with Crippen LogP contribution in [0, 0.1) is 27.4 Å². The van der Waals surface area contributed by atoms with Gasteiger partial charge in [0.2, 0.25) is 5.91 Å². The van der Waals surface area contributed by atoms with E-state index in [4.69, 9.17) is 16.9 Å². The van der Waals surface area contributed by atoms with Gasteiger partial charge in [0.05, 0.1) is 11.0 Å². The number of benzene rings is 2. The van der Waals surface area contributed by atoms with Crippen LogP contribution in [0.25, 0.3) is 0 Å². The Balaban J connectivity index is 2.30. The lowest BCUT2D eigenvalue weighted by atomic mass is 9.98. The number of Topliss-reactive ketones (excluding diaryl/α,β-unsaturated/α-hetero) is 1. The van der Waals surface area contributed by atoms with Crippen molar-refractivity contribution in [1.29, 1.82) is 5.26 Å². The third kappa shape index (κ3) is 4.63. The molecule has 0 bridgehead atoms. The highest BCUT2D eigenvalue weighted by Crippen LogP contribution is 2.37. The van der Waals surface area contributed by atoms with Crippen molar-refractivity contribution in [3.63, 3.8) is 0 Å². The lowest BCUT2D eigenvalue weighted by molar-refractivity contribution is -0.388. The molecular formula is C17H9ClF3N3O4. The largest absolute Gasteiger partial charge is 0.423 e. The van der Waals surface area contributed by atoms with E-state index in [2.05, 4.69) is 0 Å². The summed E-state index contributed by atoms with van der Waals surface area (Å²) >= 11 is 5.69. The summed E-state index contributed by atoms with van der Waals surface area (Å²) in [5.74, 6) is -3.90. The molecule has 0 aliphatic rings. The maximum atomic E-state index is 13.0. The highest BCUT2D eigenvalue weighted by atomic mass is 35.5. The Morgan fingerprint density at radius 3 is 2.29 bits per heavy atom. The first-order chi connectivity index (χ1) is 13.0. The van der Waals surface area contributed by atoms with Crippen molar-refractivity contribution in [2.45, 2.75) is 6.18 Å². The Labute approximate surface area is 160 Å². The van der Waals surface area contributed by atoms with Crippen LogP contribution >= 0.6 is 11.6 Å². The normalized spacial score (nSPS) is 12.0. The number of nitro groups is 1. The first kappa shape index (κ1) is 20.9. The summed E-state index contributed by atoms with van der Waals surface area (Å²) < 4.78 is 39.0. The second-order valence-corrected chi connectivity index (χ2v) is 5.85. The summed E-state index contributed by atoms with van der Waals surface area (Å²) in [6.07, 6.45) is -5.04. The molecule has 1 N–H and O–H groups in total. The fourth-order valence-corrected chi connectivity index (χ4v) is 2.36. The predicted octanol–water partition coefficient (Wildman–Crippen LogP) is 4.23. The molecule has 0 saturated heterocycles. The van der Waals surface area contributed by atoms with E-state index in [1.165, 1.54) is 30.3 Å². The second kappa shape index (κ2) is 8.06. The number of nitriles is 1. The summed E-state index contributed by atoms with van der Waals surface area (Å²) in [6, 6.07) is 8.59. The van der Waals surface area contributed by atoms with Gasteiger partial charge in [-0.05, 0) is 36.4 Å². The molecule has 2 aromatic rings. The van der Waals surface area contributed by atoms with Gasteiger partial charge < -0.3 is 5.32 Å². The smallest absolute Gasteiger partial charge is 0.325 e. The molecule has 0 radical (unpaired) electrons. The molecule has 0 spiro atoms. The average Bonchev–Trinajstić information content (AvgIpc) is 2.61. The topological polar surface area (TPSA) is 113 Å². The van der Waals surface area contributed by atoms with Crippen LogP contribution in [0.15, 0.2) is 42.5 Å². The minimum atomic E-state index is -5.04. The third-order valence-electron chi connectivity index (χ3n) is 3.55. The van der Waals surface area contributed by atoms with Gasteiger partial charge in [0, 0.05) is 22.3 Å². The lowest BCUT2D eigenvalue weighted by Gasteiger charge is -2.12. The number of nitro benzene ring substituents is 1. The highest BCUT2D eigenvalue weighted by Gasteiger charge is 2.38. The van der Waals surface area contributed by atoms with Crippen LogP contribution < -0.4 is 5.32 Å². The van der Waals surface area contributed by atoms with Crippen LogP contribution in [0.5, 0.6) is 0 Å². The van der Waals surface area contributed by atoms with E-state index in [9.17, 15) is 32.9 Å². The van der Waals surface area contributed by atoms with E-state index in [1.807, 2.05) is 5.32 Å². The zero-order valence-electron chi connectivity index (χ0n) is 13.7. The molecule has 28 heavy (non-hydrogen) atoms. The maximum Gasteiger partial charge on any atom is 0.423 e. The van der Waals surface area contributed by atoms with Crippen molar-refractivity contribution in [3.8, 4) is 6.07 Å². The first-order valence-corrected chi connectivity index (χ1v) is 7.78. The van der Waals surface area contributed by atoms with Crippen molar-refractivity contribution < 1.29 is 27.7 Å². The minimum absolute atomic E-state index is 0.00535. The number of nitrogens with one attached hydrogen (secondary N) is 1. The van der Waals surface area contributed by atoms with Gasteiger partial charge in [-0.2, -0.15) is 18.4 Å². The second-order valence-electron chi connectivity index (χ2n) is 5.41. The number of carbonyl (C=O) groups excluding carboxylic acids is 2. The molecule has 0 fully saturated rings. The molecular weight excluding hydrogens is 403 g/mol. The van der Waals surface area contributed by atoms with Crippen LogP contribution in [0.1, 0.15) is 15.9 Å². The number of alkyl halides is 3. The monoisotopic (exact) mass is 411 g/mol. The zero-order valence-corrected chi connectivity index (χ0v) is 14.4. The van der Waals surface area contributed by atoms with Gasteiger partial charge in [0.25, 0.3) is 5.69 Å². The van der Waals surface area contributed by atoms with Gasteiger partial charge in [-0.3, -0.25) is 19.7 Å². The van der Waals surface area contributed by atoms with E-state index < -0.39 is 45.6 Å². The lowest BCUT2D eigenvalue weighted by Crippen LogP contribution is -2.28. The fraction of sp³-hybridized carbons (Fsp3) is 0.118. The standard InChI is InChI=1S/C17H9ClF3N3O4/c18-10-3-1-9(2-4-10)15(25)12(8-22)16(26)23-11-5-6-14(24(27)28)13(7-11)17(19,20)21/h1-7,12H,(H,23,26). The number of hydrogen-bond donors (Lipinski definition) is 1. The molecule has 7 nitrogen and oxygen atoms in total. The number of ketones is 1. The maximum absolute atomic E-state index is 13.0. The van der Waals surface area contributed by atoms with Crippen LogP contribution in [0.4, 0.5) is 24.5 Å². The summed E-state index contributed by atoms with van der Waals surface area (Å²) in [6.45, 7) is 0. The molecule has 1 unspecified atom stereocenters. The fourth-order valence-electron chi connectivity index (χ4n) is 2.23. The average molecular weight is 412 g/mol. The van der Waals surface area contributed by atoms with Gasteiger partial charge in [0.1, 0.15) is 5.56 Å². The molecule has 144 valence electrons. The summed E-state index contributed by atoms with van der Waals surface area (Å²) in [5, 5.41) is 22.2. The Hall–Kier alpha value is -3.45. The summed E-state index contributed by atoms with van der Waals surface area (Å²) in [5.41, 5.74) is -3.22. The van der Waals surface area contributed by atoms with E-state index in [-0.39, 0.29) is 5.56 Å². The quantitative estimate of drug-likeness (QED) is 0.342. The van der Waals surface area contributed by atoms with Gasteiger partial charge in [0.15, 0.2) is 11.7 Å². The Morgan fingerprint density at radius 2 is 1.79 bits per heavy atom. The molecule has 0 aromatic heterocycles. The Bertz CT molecular complexity index is 985. The van der Waals surface area contributed by atoms with Crippen LogP contribution in [0.2, 0.25) is 5.02 Å². The van der Waals surface area contributed by atoms with Crippen molar-refractivity contribution in [2.24, 2.45) is 5.92 Å². The van der Waals surface area contributed by atoms with Crippen molar-refractivity contribution in [1.82, 2.24) is 0 Å². The van der Waals surface area contributed by atoms with Gasteiger partial charge >= 0.3 is 6.18 Å². The SMILES string of the molecule is N#CC(C(=O)Nc1ccc([N+](=O)[O-])c(C(F)(F)F)c1)C(=O)c1ccc(Cl)cc1. The Morgan fingerprint density at radius 1 is 1.18 bits per heavy atom. The molecule has 2 rings (SSSR count). The zero-order chi connectivity index (χ0) is 21.1. The Kier molecular flexibility index (Phi) is 6.00. The molecule has 2 aromatic carbocycles. The minimum Gasteiger partial charge on any atom is -0.325 e. The van der Waals surface area contributed by atoms with Gasteiger partial charge in [-0.1, -0.05) is 11.6 Å². The van der Waals surface area contributed by atoms with Crippen molar-refractivity contribution in [2.75, 3.05) is 5.32 Å². The molecule has 0 aliphatic heterocycles. The number of carbonyl (C=O) groups is 2. The van der Waals surface area contributed by atoms with Gasteiger partial charge in [-0.25, -0.2) is 0 Å². The van der Waals surface area contributed by atoms with E-state index in [0.717, 1.165) is 6.07 Å². The molecule has 1 atom stereocenters. The summed E-state index contributed by atoms with van der Waals surface area (Å²) in [7, 11) is 0. The van der Waals surface area contributed by atoms with Crippen molar-refractivity contribution >= 4 is 34.7 Å². The number of halogens is 4. The van der Waals surface area contributed by atoms with E-state index >= 15 is 0 Å².